The maximum atomic E-state index is 12.1. The summed E-state index contributed by atoms with van der Waals surface area (Å²) >= 11 is 2.53. The maximum absolute atomic E-state index is 12.1. The van der Waals surface area contributed by atoms with Gasteiger partial charge in [0.1, 0.15) is 0 Å². The van der Waals surface area contributed by atoms with Gasteiger partial charge in [0.25, 0.3) is 0 Å². The largest absolute Gasteiger partial charge is 0.307 e. The maximum Gasteiger partial charge on any atom is 0.224 e. The molecule has 1 heterocycles. The zero-order valence-corrected chi connectivity index (χ0v) is 13.2. The number of benzene rings is 1. The Balaban J connectivity index is 2.24. The number of halogens is 1. The third kappa shape index (κ3) is 1.55. The monoisotopic (exact) mass is 355 g/mol. The number of anilines is 1. The van der Waals surface area contributed by atoms with Crippen molar-refractivity contribution in [3.8, 4) is 0 Å². The third-order valence-electron chi connectivity index (χ3n) is 4.42. The summed E-state index contributed by atoms with van der Waals surface area (Å²) in [7, 11) is 0. The van der Waals surface area contributed by atoms with Gasteiger partial charge >= 0.3 is 0 Å². The highest BCUT2D eigenvalue weighted by Gasteiger charge is 2.48. The number of rotatable bonds is 0. The zero-order chi connectivity index (χ0) is 13.0. The SMILES string of the molecule is CC(=O)N1c2c(C)ccc(C)c2C2CCC(I)C21. The molecule has 0 N–H and O–H groups in total. The van der Waals surface area contributed by atoms with E-state index in [-0.39, 0.29) is 5.91 Å². The van der Waals surface area contributed by atoms with Crippen LogP contribution in [0.15, 0.2) is 12.1 Å². The van der Waals surface area contributed by atoms with E-state index in [2.05, 4.69) is 53.5 Å². The highest BCUT2D eigenvalue weighted by atomic mass is 127. The summed E-state index contributed by atoms with van der Waals surface area (Å²) in [4.78, 5) is 14.2. The fourth-order valence-electron chi connectivity index (χ4n) is 3.71. The van der Waals surface area contributed by atoms with Crippen LogP contribution in [0.1, 0.15) is 42.4 Å². The highest BCUT2D eigenvalue weighted by Crippen LogP contribution is 2.53. The van der Waals surface area contributed by atoms with E-state index < -0.39 is 0 Å². The van der Waals surface area contributed by atoms with E-state index in [0.717, 1.165) is 0 Å². The lowest BCUT2D eigenvalue weighted by atomic mass is 9.92. The van der Waals surface area contributed by atoms with Gasteiger partial charge in [-0.2, -0.15) is 0 Å². The van der Waals surface area contributed by atoms with E-state index in [1.54, 1.807) is 6.92 Å². The standard InChI is InChI=1S/C15H18INO/c1-8-4-5-9(2)14-13(8)11-6-7-12(16)15(11)17(14)10(3)18/h4-5,11-12,15H,6-7H2,1-3H3. The molecule has 3 heteroatoms. The fourth-order valence-corrected chi connectivity index (χ4v) is 4.89. The van der Waals surface area contributed by atoms with Crippen LogP contribution in [-0.4, -0.2) is 15.9 Å². The van der Waals surface area contributed by atoms with Crippen molar-refractivity contribution in [2.75, 3.05) is 4.90 Å². The summed E-state index contributed by atoms with van der Waals surface area (Å²) in [6.07, 6.45) is 2.45. The summed E-state index contributed by atoms with van der Waals surface area (Å²) in [6.45, 7) is 6.01. The van der Waals surface area contributed by atoms with E-state index in [1.165, 1.54) is 35.2 Å². The van der Waals surface area contributed by atoms with Gasteiger partial charge in [-0.3, -0.25) is 4.79 Å². The summed E-state index contributed by atoms with van der Waals surface area (Å²) < 4.78 is 0.586. The molecule has 0 spiro atoms. The smallest absolute Gasteiger partial charge is 0.224 e. The molecule has 0 aromatic heterocycles. The third-order valence-corrected chi connectivity index (χ3v) is 5.78. The number of fused-ring (bicyclic) bond motifs is 3. The minimum Gasteiger partial charge on any atom is -0.307 e. The van der Waals surface area contributed by atoms with Crippen molar-refractivity contribution in [2.45, 2.75) is 49.5 Å². The van der Waals surface area contributed by atoms with Gasteiger partial charge in [0, 0.05) is 16.8 Å². The molecule has 1 aliphatic carbocycles. The summed E-state index contributed by atoms with van der Waals surface area (Å²) in [5.41, 5.74) is 5.23. The molecule has 96 valence electrons. The second-order valence-corrected chi connectivity index (χ2v) is 7.14. The van der Waals surface area contributed by atoms with Crippen LogP contribution in [0.5, 0.6) is 0 Å². The molecule has 3 rings (SSSR count). The number of carbonyl (C=O) groups excluding carboxylic acids is 1. The lowest BCUT2D eigenvalue weighted by molar-refractivity contribution is -0.116. The Morgan fingerprint density at radius 3 is 2.61 bits per heavy atom. The predicted octanol–water partition coefficient (Wildman–Crippen LogP) is 3.72. The number of aryl methyl sites for hydroxylation is 2. The van der Waals surface area contributed by atoms with Gasteiger partial charge < -0.3 is 4.90 Å². The number of alkyl halides is 1. The molecular formula is C15H18INO. The number of hydrogen-bond donors (Lipinski definition) is 0. The quantitative estimate of drug-likeness (QED) is 0.513. The Hall–Kier alpha value is -0.580. The van der Waals surface area contributed by atoms with Crippen molar-refractivity contribution < 1.29 is 4.79 Å². The zero-order valence-electron chi connectivity index (χ0n) is 11.0. The van der Waals surface area contributed by atoms with Gasteiger partial charge in [0.15, 0.2) is 0 Å². The van der Waals surface area contributed by atoms with Crippen molar-refractivity contribution in [2.24, 2.45) is 0 Å². The average molecular weight is 355 g/mol. The number of amides is 1. The highest BCUT2D eigenvalue weighted by molar-refractivity contribution is 14.1. The van der Waals surface area contributed by atoms with Crippen molar-refractivity contribution in [1.82, 2.24) is 0 Å². The Morgan fingerprint density at radius 1 is 1.28 bits per heavy atom. The molecule has 1 aromatic rings. The van der Waals surface area contributed by atoms with Crippen LogP contribution < -0.4 is 4.90 Å². The Labute approximate surface area is 122 Å². The van der Waals surface area contributed by atoms with Crippen LogP contribution in [0.2, 0.25) is 0 Å². The van der Waals surface area contributed by atoms with E-state index in [9.17, 15) is 4.79 Å². The molecule has 1 amide bonds. The molecule has 3 atom stereocenters. The second-order valence-electron chi connectivity index (χ2n) is 5.54. The molecule has 1 aliphatic heterocycles. The summed E-state index contributed by atoms with van der Waals surface area (Å²) in [5, 5.41) is 0. The first kappa shape index (κ1) is 12.5. The molecule has 0 saturated heterocycles. The topological polar surface area (TPSA) is 20.3 Å². The molecule has 0 radical (unpaired) electrons. The van der Waals surface area contributed by atoms with Gasteiger partial charge in [0.05, 0.1) is 11.7 Å². The van der Waals surface area contributed by atoms with Crippen LogP contribution in [-0.2, 0) is 4.79 Å². The molecular weight excluding hydrogens is 337 g/mol. The molecule has 1 saturated carbocycles. The van der Waals surface area contributed by atoms with Crippen LogP contribution in [0.25, 0.3) is 0 Å². The van der Waals surface area contributed by atoms with Gasteiger partial charge in [-0.05, 0) is 43.4 Å². The second kappa shape index (κ2) is 4.22. The Bertz CT molecular complexity index is 525. The summed E-state index contributed by atoms with van der Waals surface area (Å²) in [5.74, 6) is 0.756. The van der Waals surface area contributed by atoms with Gasteiger partial charge in [-0.25, -0.2) is 0 Å². The lowest BCUT2D eigenvalue weighted by Crippen LogP contribution is -2.40. The van der Waals surface area contributed by atoms with E-state index in [1.807, 2.05) is 0 Å². The molecule has 1 aromatic carbocycles. The van der Waals surface area contributed by atoms with E-state index in [0.29, 0.717) is 15.9 Å². The van der Waals surface area contributed by atoms with Crippen molar-refractivity contribution in [3.63, 3.8) is 0 Å². The molecule has 2 aliphatic rings. The molecule has 0 bridgehead atoms. The molecule has 2 nitrogen and oxygen atoms in total. The van der Waals surface area contributed by atoms with Crippen molar-refractivity contribution in [3.05, 3.63) is 28.8 Å². The van der Waals surface area contributed by atoms with Crippen LogP contribution in [0.3, 0.4) is 0 Å². The number of hydrogen-bond acceptors (Lipinski definition) is 1. The Morgan fingerprint density at radius 2 is 1.94 bits per heavy atom. The van der Waals surface area contributed by atoms with E-state index >= 15 is 0 Å². The van der Waals surface area contributed by atoms with Gasteiger partial charge in [-0.15, -0.1) is 0 Å². The van der Waals surface area contributed by atoms with Crippen molar-refractivity contribution in [1.29, 1.82) is 0 Å². The Kier molecular flexibility index (Phi) is 2.92. The fraction of sp³-hybridized carbons (Fsp3) is 0.533. The molecule has 3 unspecified atom stereocenters. The lowest BCUT2D eigenvalue weighted by Gasteiger charge is -2.27. The average Bonchev–Trinajstić information content (AvgIpc) is 2.83. The first-order valence-corrected chi connectivity index (χ1v) is 7.81. The van der Waals surface area contributed by atoms with Gasteiger partial charge in [0.2, 0.25) is 5.91 Å². The minimum atomic E-state index is 0.195. The normalized spacial score (nSPS) is 29.3. The van der Waals surface area contributed by atoms with E-state index in [4.69, 9.17) is 0 Å². The van der Waals surface area contributed by atoms with Crippen LogP contribution in [0, 0.1) is 13.8 Å². The predicted molar refractivity (Wildman–Crippen MR) is 82.6 cm³/mol. The first-order valence-electron chi connectivity index (χ1n) is 6.56. The van der Waals surface area contributed by atoms with Gasteiger partial charge in [-0.1, -0.05) is 34.7 Å². The van der Waals surface area contributed by atoms with Crippen LogP contribution >= 0.6 is 22.6 Å². The first-order chi connectivity index (χ1) is 8.52. The van der Waals surface area contributed by atoms with Crippen LogP contribution in [0.4, 0.5) is 5.69 Å². The van der Waals surface area contributed by atoms with Crippen molar-refractivity contribution >= 4 is 34.2 Å². The number of carbonyl (C=O) groups is 1. The molecule has 1 fully saturated rings. The molecule has 18 heavy (non-hydrogen) atoms. The number of nitrogens with zero attached hydrogens (tertiary/aromatic N) is 1. The summed E-state index contributed by atoms with van der Waals surface area (Å²) in [6, 6.07) is 4.74. The minimum absolute atomic E-state index is 0.195.